The van der Waals surface area contributed by atoms with E-state index in [0.717, 1.165) is 0 Å². The maximum atomic E-state index is 13.7. The van der Waals surface area contributed by atoms with Crippen molar-refractivity contribution in [3.05, 3.63) is 82.1 Å². The molecule has 0 spiro atoms. The summed E-state index contributed by atoms with van der Waals surface area (Å²) in [4.78, 5) is 40.6. The van der Waals surface area contributed by atoms with Gasteiger partial charge >= 0.3 is 5.97 Å². The molecule has 0 radical (unpaired) electrons. The van der Waals surface area contributed by atoms with Gasteiger partial charge in [0, 0.05) is 77.1 Å². The third-order valence-corrected chi connectivity index (χ3v) is 12.2. The zero-order chi connectivity index (χ0) is 42.0. The number of anilines is 1. The van der Waals surface area contributed by atoms with Crippen LogP contribution in [0.3, 0.4) is 0 Å². The zero-order valence-electron chi connectivity index (χ0n) is 31.8. The largest absolute Gasteiger partial charge is 0.478 e. The predicted molar refractivity (Wildman–Crippen MR) is 210 cm³/mol. The Morgan fingerprint density at radius 2 is 1.46 bits per heavy atom. The maximum Gasteiger partial charge on any atom is 0.335 e. The number of carbonyl (C=O) groups is 3. The first-order valence-corrected chi connectivity index (χ1v) is 22.7. The fourth-order valence-electron chi connectivity index (χ4n) is 7.32. The molecule has 2 aliphatic rings. The predicted octanol–water partition coefficient (Wildman–Crippen LogP) is 4.16. The monoisotopic (exact) mass is 838 g/mol. The molecule has 19 heteroatoms. The van der Waals surface area contributed by atoms with Crippen LogP contribution in [0.25, 0.3) is 0 Å². The molecular formula is C37H48N3O13S3+. The fourth-order valence-corrected chi connectivity index (χ4v) is 8.67. The van der Waals surface area contributed by atoms with Crippen LogP contribution in [-0.4, -0.2) is 109 Å². The van der Waals surface area contributed by atoms with E-state index < -0.39 is 76.9 Å². The number of aromatic carboxylic acids is 1. The lowest BCUT2D eigenvalue weighted by Gasteiger charge is -2.27. The van der Waals surface area contributed by atoms with Gasteiger partial charge in [-0.05, 0) is 57.0 Å². The highest BCUT2D eigenvalue weighted by atomic mass is 32.2. The molecule has 0 aromatic heterocycles. The Balaban J connectivity index is 1.90. The molecule has 5 N–H and O–H groups in total. The number of Topliss-reactive ketones (excluding diaryl/α,β-unsaturated/α-hetero) is 1. The third kappa shape index (κ3) is 10.4. The zero-order valence-corrected chi connectivity index (χ0v) is 34.2. The summed E-state index contributed by atoms with van der Waals surface area (Å²) in [6.07, 6.45) is 5.89. The van der Waals surface area contributed by atoms with Crippen LogP contribution in [0.5, 0.6) is 0 Å². The molecule has 306 valence electrons. The number of rotatable bonds is 18. The minimum absolute atomic E-state index is 0.0262. The van der Waals surface area contributed by atoms with Crippen molar-refractivity contribution >= 4 is 65.1 Å². The van der Waals surface area contributed by atoms with Crippen molar-refractivity contribution in [3.8, 4) is 0 Å². The van der Waals surface area contributed by atoms with Gasteiger partial charge in [0.25, 0.3) is 36.3 Å². The molecule has 1 amide bonds. The molecule has 2 heterocycles. The summed E-state index contributed by atoms with van der Waals surface area (Å²) >= 11 is 0. The van der Waals surface area contributed by atoms with E-state index in [9.17, 15) is 58.4 Å². The van der Waals surface area contributed by atoms with Crippen LogP contribution in [0.15, 0.2) is 54.3 Å². The van der Waals surface area contributed by atoms with E-state index in [-0.39, 0.29) is 54.8 Å². The standard InChI is InChI=1S/C37H47N3O13S3/c1-6-10-30(41)25-21-26(34(42)38-15-20-56(51,52)53)33-29(23-25)40(17-9-19-55(48,49)50)32(37(33,4)5)12-7-11-31-36(2,3)27-22-24(35(43)44)13-14-28(27)39(31)16-8-18-54(45,46)47/h7,11-14,21-23H,6,8-10,15-20H2,1-5H3,(H4-,38,42,43,44,45,46,47,48,49,50,51,52,53)/p+1. The van der Waals surface area contributed by atoms with Gasteiger partial charge in [0.1, 0.15) is 6.54 Å². The highest BCUT2D eigenvalue weighted by Gasteiger charge is 2.46. The van der Waals surface area contributed by atoms with Crippen molar-refractivity contribution in [1.82, 2.24) is 5.32 Å². The van der Waals surface area contributed by atoms with Crippen molar-refractivity contribution in [2.45, 2.75) is 71.1 Å². The Morgan fingerprint density at radius 3 is 2.05 bits per heavy atom. The van der Waals surface area contributed by atoms with E-state index in [1.165, 1.54) is 12.1 Å². The number of carbonyl (C=O) groups excluding carboxylic acids is 2. The van der Waals surface area contributed by atoms with Crippen molar-refractivity contribution in [2.24, 2.45) is 0 Å². The number of nitrogens with zero attached hydrogens (tertiary/aromatic N) is 2. The van der Waals surface area contributed by atoms with Crippen molar-refractivity contribution in [2.75, 3.05) is 41.8 Å². The first kappa shape index (κ1) is 44.4. The van der Waals surface area contributed by atoms with E-state index in [4.69, 9.17) is 0 Å². The Hall–Kier alpha value is -4.27. The molecule has 56 heavy (non-hydrogen) atoms. The summed E-state index contributed by atoms with van der Waals surface area (Å²) in [5, 5.41) is 12.2. The summed E-state index contributed by atoms with van der Waals surface area (Å²) in [7, 11) is -13.0. The van der Waals surface area contributed by atoms with Gasteiger partial charge in [-0.15, -0.1) is 0 Å². The van der Waals surface area contributed by atoms with Crippen molar-refractivity contribution < 1.29 is 63.0 Å². The van der Waals surface area contributed by atoms with Crippen LogP contribution >= 0.6 is 0 Å². The summed E-state index contributed by atoms with van der Waals surface area (Å²) in [5.41, 5.74) is 1.94. The average Bonchev–Trinajstić information content (AvgIpc) is 3.40. The van der Waals surface area contributed by atoms with E-state index in [2.05, 4.69) is 5.32 Å². The topological polar surface area (TPSA) is 253 Å². The second-order valence-electron chi connectivity index (χ2n) is 14.8. The second kappa shape index (κ2) is 16.7. The van der Waals surface area contributed by atoms with E-state index in [1.807, 2.05) is 39.2 Å². The SMILES string of the molecule is CCCC(=O)c1cc(C(=O)NCCS(=O)(=O)O)c2c(c1)N(CCCS(=O)(=O)O)C(=CC=CC1=[N+](CCCS(=O)(=O)O)c3ccc(C(=O)O)cc3C1(C)C)C2(C)C. The third-order valence-electron chi connectivity index (χ3n) is 9.87. The summed E-state index contributed by atoms with van der Waals surface area (Å²) < 4.78 is 99.4. The summed E-state index contributed by atoms with van der Waals surface area (Å²) in [5.74, 6) is -3.94. The molecule has 4 rings (SSSR count). The average molecular weight is 839 g/mol. The van der Waals surface area contributed by atoms with Gasteiger partial charge in [0.05, 0.1) is 28.2 Å². The highest BCUT2D eigenvalue weighted by molar-refractivity contribution is 7.86. The number of ketones is 1. The number of carboxylic acid groups (broad SMARTS) is 1. The van der Waals surface area contributed by atoms with Crippen molar-refractivity contribution in [3.63, 3.8) is 0 Å². The summed E-state index contributed by atoms with van der Waals surface area (Å²) in [6, 6.07) is 7.69. The van der Waals surface area contributed by atoms with E-state index in [0.29, 0.717) is 40.3 Å². The number of carboxylic acids is 1. The molecule has 0 bridgehead atoms. The molecule has 2 aromatic carbocycles. The Labute approximate surface area is 327 Å². The van der Waals surface area contributed by atoms with Crippen LogP contribution in [0.4, 0.5) is 11.4 Å². The van der Waals surface area contributed by atoms with Gasteiger partial charge in [0.2, 0.25) is 5.69 Å². The molecule has 0 fully saturated rings. The van der Waals surface area contributed by atoms with E-state index >= 15 is 0 Å². The first-order chi connectivity index (χ1) is 25.8. The number of nitrogens with one attached hydrogen (secondary N) is 1. The van der Waals surface area contributed by atoms with Gasteiger partial charge in [-0.2, -0.15) is 29.8 Å². The summed E-state index contributed by atoms with van der Waals surface area (Å²) in [6.45, 7) is 8.96. The lowest BCUT2D eigenvalue weighted by atomic mass is 9.79. The van der Waals surface area contributed by atoms with Crippen LogP contribution < -0.4 is 10.2 Å². The molecule has 2 aromatic rings. The number of fused-ring (bicyclic) bond motifs is 2. The Morgan fingerprint density at radius 1 is 0.839 bits per heavy atom. The molecule has 0 unspecified atom stereocenters. The number of hydrogen-bond donors (Lipinski definition) is 5. The minimum atomic E-state index is -4.40. The van der Waals surface area contributed by atoms with Crippen LogP contribution in [0.2, 0.25) is 0 Å². The smallest absolute Gasteiger partial charge is 0.335 e. The quantitative estimate of drug-likeness (QED) is 0.0804. The Bertz CT molecular complexity index is 2360. The van der Waals surface area contributed by atoms with Crippen molar-refractivity contribution in [1.29, 1.82) is 0 Å². The number of hydrogen-bond acceptors (Lipinski definition) is 10. The molecule has 16 nitrogen and oxygen atoms in total. The molecule has 0 saturated heterocycles. The number of allylic oxidation sites excluding steroid dienone is 4. The second-order valence-corrected chi connectivity index (χ2v) is 19.5. The molecule has 0 atom stereocenters. The van der Waals surface area contributed by atoms with E-state index in [1.54, 1.807) is 41.3 Å². The molecule has 2 aliphatic heterocycles. The van der Waals surface area contributed by atoms with Crippen LogP contribution in [0, 0.1) is 0 Å². The molecule has 0 saturated carbocycles. The Kier molecular flexibility index (Phi) is 13.2. The van der Waals surface area contributed by atoms with Gasteiger partial charge in [-0.25, -0.2) is 4.79 Å². The first-order valence-electron chi connectivity index (χ1n) is 17.8. The lowest BCUT2D eigenvalue weighted by Crippen LogP contribution is -2.31. The molecule has 0 aliphatic carbocycles. The normalized spacial score (nSPS) is 17.1. The minimum Gasteiger partial charge on any atom is -0.478 e. The van der Waals surface area contributed by atoms with Gasteiger partial charge in [0.15, 0.2) is 11.5 Å². The highest BCUT2D eigenvalue weighted by Crippen LogP contribution is 2.50. The van der Waals surface area contributed by atoms with Crippen LogP contribution in [-0.2, 0) is 41.2 Å². The van der Waals surface area contributed by atoms with Gasteiger partial charge in [-0.3, -0.25) is 23.2 Å². The lowest BCUT2D eigenvalue weighted by molar-refractivity contribution is -0.437. The van der Waals surface area contributed by atoms with Crippen LogP contribution in [0.1, 0.15) is 103 Å². The van der Waals surface area contributed by atoms with Gasteiger partial charge in [-0.1, -0.05) is 26.8 Å². The number of benzene rings is 2. The fraction of sp³-hybridized carbons (Fsp3) is 0.459. The van der Waals surface area contributed by atoms with Gasteiger partial charge < -0.3 is 15.3 Å². The molecular weight excluding hydrogens is 791 g/mol. The maximum absolute atomic E-state index is 13.7. The number of amides is 1.